The number of rotatable bonds is 8. The molecule has 128 valence electrons. The molecule has 2 aliphatic carbocycles. The average Bonchev–Trinajstić information content (AvgIpc) is 3.13. The highest BCUT2D eigenvalue weighted by Crippen LogP contribution is 2.48. The van der Waals surface area contributed by atoms with Crippen molar-refractivity contribution >= 4 is 17.8 Å². The molecule has 0 radical (unpaired) electrons. The minimum absolute atomic E-state index is 0.0351. The van der Waals surface area contributed by atoms with Gasteiger partial charge in [0.2, 0.25) is 11.8 Å². The van der Waals surface area contributed by atoms with Crippen LogP contribution in [0.25, 0.3) is 0 Å². The summed E-state index contributed by atoms with van der Waals surface area (Å²) >= 11 is 0. The molecule has 0 aromatic carbocycles. The van der Waals surface area contributed by atoms with Crippen LogP contribution in [0.2, 0.25) is 0 Å². The van der Waals surface area contributed by atoms with E-state index in [1.807, 2.05) is 12.2 Å². The maximum Gasteiger partial charge on any atom is 0.307 e. The Morgan fingerprint density at radius 2 is 1.65 bits per heavy atom. The fourth-order valence-corrected chi connectivity index (χ4v) is 3.68. The second-order valence-corrected chi connectivity index (χ2v) is 6.54. The minimum atomic E-state index is -0.941. The molecule has 0 saturated heterocycles. The maximum absolute atomic E-state index is 12.2. The van der Waals surface area contributed by atoms with Gasteiger partial charge in [-0.3, -0.25) is 25.2 Å². The Bertz CT molecular complexity index is 489. The van der Waals surface area contributed by atoms with Gasteiger partial charge in [-0.2, -0.15) is 0 Å². The van der Waals surface area contributed by atoms with E-state index in [-0.39, 0.29) is 17.7 Å². The third kappa shape index (κ3) is 4.33. The van der Waals surface area contributed by atoms with E-state index in [0.29, 0.717) is 12.8 Å². The van der Waals surface area contributed by atoms with E-state index >= 15 is 0 Å². The zero-order valence-corrected chi connectivity index (χ0v) is 13.6. The SMILES string of the molecule is CCCCCCCC(=O)NNC(=O)[C@H]1[C@H](C(=O)O)[C@H]2C=C[C@H]1C2. The van der Waals surface area contributed by atoms with Crippen molar-refractivity contribution in [1.29, 1.82) is 0 Å². The first-order valence-corrected chi connectivity index (χ1v) is 8.54. The molecular weight excluding hydrogens is 296 g/mol. The molecular formula is C17H26N2O4. The van der Waals surface area contributed by atoms with Crippen LogP contribution in [0.1, 0.15) is 51.9 Å². The number of hydrogen-bond acceptors (Lipinski definition) is 3. The quantitative estimate of drug-likeness (QED) is 0.362. The molecule has 6 nitrogen and oxygen atoms in total. The second kappa shape index (κ2) is 8.13. The number of carbonyl (C=O) groups excluding carboxylic acids is 2. The van der Waals surface area contributed by atoms with E-state index in [0.717, 1.165) is 25.7 Å². The van der Waals surface area contributed by atoms with Crippen molar-refractivity contribution in [3.8, 4) is 0 Å². The number of carboxylic acid groups (broad SMARTS) is 1. The number of carboxylic acids is 1. The summed E-state index contributed by atoms with van der Waals surface area (Å²) in [4.78, 5) is 35.3. The molecule has 1 fully saturated rings. The number of hydrogen-bond donors (Lipinski definition) is 3. The maximum atomic E-state index is 12.2. The van der Waals surface area contributed by atoms with Gasteiger partial charge >= 0.3 is 5.97 Å². The number of allylic oxidation sites excluding steroid dienone is 2. The highest BCUT2D eigenvalue weighted by atomic mass is 16.4. The van der Waals surface area contributed by atoms with Crippen molar-refractivity contribution in [1.82, 2.24) is 10.9 Å². The lowest BCUT2D eigenvalue weighted by atomic mass is 9.82. The molecule has 0 heterocycles. The van der Waals surface area contributed by atoms with Gasteiger partial charge in [-0.15, -0.1) is 0 Å². The lowest BCUT2D eigenvalue weighted by Crippen LogP contribution is -2.48. The summed E-state index contributed by atoms with van der Waals surface area (Å²) in [6, 6.07) is 0. The summed E-state index contributed by atoms with van der Waals surface area (Å²) in [7, 11) is 0. The van der Waals surface area contributed by atoms with Crippen molar-refractivity contribution in [2.75, 3.05) is 0 Å². The summed E-state index contributed by atoms with van der Waals surface area (Å²) in [6.07, 6.45) is 10.2. The van der Waals surface area contributed by atoms with E-state index in [2.05, 4.69) is 17.8 Å². The van der Waals surface area contributed by atoms with Crippen molar-refractivity contribution < 1.29 is 19.5 Å². The number of amides is 2. The Morgan fingerprint density at radius 3 is 2.30 bits per heavy atom. The predicted octanol–water partition coefficient (Wildman–Crippen LogP) is 2.02. The molecule has 3 N–H and O–H groups in total. The monoisotopic (exact) mass is 322 g/mol. The Labute approximate surface area is 136 Å². The number of aliphatic carboxylic acids is 1. The van der Waals surface area contributed by atoms with Crippen LogP contribution in [0.4, 0.5) is 0 Å². The lowest BCUT2D eigenvalue weighted by molar-refractivity contribution is -0.148. The van der Waals surface area contributed by atoms with Crippen LogP contribution >= 0.6 is 0 Å². The largest absolute Gasteiger partial charge is 0.481 e. The molecule has 2 aliphatic rings. The van der Waals surface area contributed by atoms with Crippen LogP contribution in [0, 0.1) is 23.7 Å². The normalized spacial score (nSPS) is 27.9. The van der Waals surface area contributed by atoms with Gasteiger partial charge in [0.25, 0.3) is 0 Å². The topological polar surface area (TPSA) is 95.5 Å². The van der Waals surface area contributed by atoms with Crippen LogP contribution in [-0.4, -0.2) is 22.9 Å². The number of carbonyl (C=O) groups is 3. The molecule has 0 aromatic rings. The zero-order chi connectivity index (χ0) is 16.8. The van der Waals surface area contributed by atoms with Gasteiger partial charge < -0.3 is 5.11 Å². The highest BCUT2D eigenvalue weighted by Gasteiger charge is 2.51. The predicted molar refractivity (Wildman–Crippen MR) is 85.0 cm³/mol. The van der Waals surface area contributed by atoms with Crippen LogP contribution in [0.3, 0.4) is 0 Å². The molecule has 2 amide bonds. The zero-order valence-electron chi connectivity index (χ0n) is 13.6. The van der Waals surface area contributed by atoms with Gasteiger partial charge in [0.15, 0.2) is 0 Å². The van der Waals surface area contributed by atoms with Crippen LogP contribution in [0.15, 0.2) is 12.2 Å². The number of nitrogens with one attached hydrogen (secondary N) is 2. The molecule has 1 saturated carbocycles. The summed E-state index contributed by atoms with van der Waals surface area (Å²) in [6.45, 7) is 2.14. The fourth-order valence-electron chi connectivity index (χ4n) is 3.68. The Hall–Kier alpha value is -1.85. The van der Waals surface area contributed by atoms with E-state index in [1.165, 1.54) is 6.42 Å². The van der Waals surface area contributed by atoms with Gasteiger partial charge in [0, 0.05) is 6.42 Å². The summed E-state index contributed by atoms with van der Waals surface area (Å²) in [5.74, 6) is -2.93. The van der Waals surface area contributed by atoms with E-state index in [4.69, 9.17) is 0 Å². The lowest BCUT2D eigenvalue weighted by Gasteiger charge is -2.23. The molecule has 0 unspecified atom stereocenters. The fraction of sp³-hybridized carbons (Fsp3) is 0.706. The van der Waals surface area contributed by atoms with Crippen molar-refractivity contribution in [2.24, 2.45) is 23.7 Å². The number of unbranched alkanes of at least 4 members (excludes halogenated alkanes) is 4. The van der Waals surface area contributed by atoms with Gasteiger partial charge in [0.1, 0.15) is 0 Å². The summed E-state index contributed by atoms with van der Waals surface area (Å²) in [5, 5.41) is 9.32. The van der Waals surface area contributed by atoms with Crippen LogP contribution in [-0.2, 0) is 14.4 Å². The van der Waals surface area contributed by atoms with E-state index < -0.39 is 23.7 Å². The third-order valence-corrected chi connectivity index (χ3v) is 4.88. The van der Waals surface area contributed by atoms with Crippen LogP contribution in [0.5, 0.6) is 0 Å². The molecule has 2 rings (SSSR count). The molecule has 4 atom stereocenters. The number of fused-ring (bicyclic) bond motifs is 2. The summed E-state index contributed by atoms with van der Waals surface area (Å²) in [5.41, 5.74) is 4.82. The first-order valence-electron chi connectivity index (χ1n) is 8.54. The van der Waals surface area contributed by atoms with Crippen LogP contribution < -0.4 is 10.9 Å². The van der Waals surface area contributed by atoms with Gasteiger partial charge in [-0.25, -0.2) is 0 Å². The Morgan fingerprint density at radius 1 is 1.00 bits per heavy atom. The van der Waals surface area contributed by atoms with Gasteiger partial charge in [0.05, 0.1) is 11.8 Å². The Balaban J connectivity index is 1.73. The molecule has 0 aliphatic heterocycles. The molecule has 23 heavy (non-hydrogen) atoms. The summed E-state index contributed by atoms with van der Waals surface area (Å²) < 4.78 is 0. The van der Waals surface area contributed by atoms with Gasteiger partial charge in [-0.05, 0) is 24.7 Å². The van der Waals surface area contributed by atoms with E-state index in [1.54, 1.807) is 0 Å². The third-order valence-electron chi connectivity index (χ3n) is 4.88. The second-order valence-electron chi connectivity index (χ2n) is 6.54. The van der Waals surface area contributed by atoms with Crippen molar-refractivity contribution in [3.63, 3.8) is 0 Å². The number of hydrazine groups is 1. The first kappa shape index (κ1) is 17.5. The molecule has 6 heteroatoms. The smallest absolute Gasteiger partial charge is 0.307 e. The molecule has 0 spiro atoms. The molecule has 0 aromatic heterocycles. The van der Waals surface area contributed by atoms with E-state index in [9.17, 15) is 19.5 Å². The highest BCUT2D eigenvalue weighted by molar-refractivity contribution is 5.88. The van der Waals surface area contributed by atoms with Gasteiger partial charge in [-0.1, -0.05) is 44.8 Å². The van der Waals surface area contributed by atoms with Crippen molar-refractivity contribution in [2.45, 2.75) is 51.9 Å². The Kier molecular flexibility index (Phi) is 6.19. The molecule has 2 bridgehead atoms. The standard InChI is InChI=1S/C17H26N2O4/c1-2-3-4-5-6-7-13(20)18-19-16(21)14-11-8-9-12(10-11)15(14)17(22)23/h8-9,11-12,14-15H,2-7,10H2,1H3,(H,18,20)(H,19,21)(H,22,23)/t11-,12-,14+,15+/m0/s1. The average molecular weight is 322 g/mol. The minimum Gasteiger partial charge on any atom is -0.481 e. The van der Waals surface area contributed by atoms with Crippen molar-refractivity contribution in [3.05, 3.63) is 12.2 Å². The first-order chi connectivity index (χ1) is 11.0.